The maximum absolute atomic E-state index is 12.6. The highest BCUT2D eigenvalue weighted by Gasteiger charge is 2.44. The van der Waals surface area contributed by atoms with Crippen LogP contribution in [-0.2, 0) is 4.79 Å². The standard InChI is InChI=1S/C40H46N3O3P.BrH/c1-29-16-22-32(23-17-29)47(33-24-18-30(2)19-25-33,34-26-20-31(3)21-27-34)28-11-9-7-5-4-6-8-10-15-37(44)41-36-14-12-13-35-38(36)40(46)43-42-39(35)45;/h12-14,16-27H,4-11,15,28H2,1-3H3,(H2-,41,42,43,44,45,46);1H. The first-order chi connectivity index (χ1) is 22.8. The van der Waals surface area contributed by atoms with Crippen LogP contribution in [0.3, 0.4) is 0 Å². The molecule has 0 aliphatic rings. The van der Waals surface area contributed by atoms with E-state index in [1.54, 1.807) is 18.2 Å². The Balaban J connectivity index is 0.00000520. The Bertz CT molecular complexity index is 1790. The lowest BCUT2D eigenvalue weighted by molar-refractivity contribution is -0.116. The van der Waals surface area contributed by atoms with Crippen LogP contribution in [0.1, 0.15) is 74.5 Å². The number of unbranched alkanes of at least 4 members (excludes halogenated alkanes) is 7. The highest BCUT2D eigenvalue weighted by molar-refractivity contribution is 7.95. The first kappa shape index (κ1) is 37.0. The lowest BCUT2D eigenvalue weighted by Gasteiger charge is -2.28. The number of aryl methyl sites for hydroxylation is 3. The number of rotatable bonds is 15. The third kappa shape index (κ3) is 9.00. The predicted molar refractivity (Wildman–Crippen MR) is 200 cm³/mol. The number of amides is 1. The molecule has 0 spiro atoms. The van der Waals surface area contributed by atoms with Gasteiger partial charge in [-0.05, 0) is 88.6 Å². The van der Waals surface area contributed by atoms with E-state index in [9.17, 15) is 14.4 Å². The smallest absolute Gasteiger partial charge is 0.272 e. The van der Waals surface area contributed by atoms with Crippen LogP contribution < -0.4 is 49.3 Å². The second-order valence-electron chi connectivity index (χ2n) is 12.8. The summed E-state index contributed by atoms with van der Waals surface area (Å²) in [5.41, 5.74) is 3.43. The topological polar surface area (TPSA) is 94.8 Å². The number of hydrogen-bond donors (Lipinski definition) is 3. The van der Waals surface area contributed by atoms with Gasteiger partial charge in [-0.3, -0.25) is 24.6 Å². The minimum atomic E-state index is -1.81. The molecule has 1 heterocycles. The van der Waals surface area contributed by atoms with E-state index in [4.69, 9.17) is 0 Å². The molecule has 0 bridgehead atoms. The van der Waals surface area contributed by atoms with E-state index in [1.807, 2.05) is 0 Å². The third-order valence-electron chi connectivity index (χ3n) is 9.17. The van der Waals surface area contributed by atoms with Gasteiger partial charge < -0.3 is 22.3 Å². The molecule has 8 heteroatoms. The number of anilines is 1. The number of carbonyl (C=O) groups excluding carboxylic acids is 1. The van der Waals surface area contributed by atoms with Crippen molar-refractivity contribution < 1.29 is 21.8 Å². The maximum Gasteiger partial charge on any atom is 0.272 e. The summed E-state index contributed by atoms with van der Waals surface area (Å²) in [4.78, 5) is 36.9. The first-order valence-electron chi connectivity index (χ1n) is 16.9. The molecule has 0 aliphatic heterocycles. The molecule has 3 N–H and O–H groups in total. The average Bonchev–Trinajstić information content (AvgIpc) is 3.07. The zero-order chi connectivity index (χ0) is 33.2. The number of nitrogens with one attached hydrogen (secondary N) is 3. The molecule has 5 aromatic rings. The van der Waals surface area contributed by atoms with Gasteiger partial charge in [0.15, 0.2) is 0 Å². The minimum absolute atomic E-state index is 0. The fraction of sp³-hybridized carbons (Fsp3) is 0.325. The van der Waals surface area contributed by atoms with Gasteiger partial charge in [0.05, 0.1) is 22.6 Å². The summed E-state index contributed by atoms with van der Waals surface area (Å²) in [5.74, 6) is -0.139. The number of benzene rings is 4. The number of carbonyl (C=O) groups is 1. The van der Waals surface area contributed by atoms with Gasteiger partial charge >= 0.3 is 0 Å². The number of aromatic nitrogens is 2. The second kappa shape index (κ2) is 17.6. The summed E-state index contributed by atoms with van der Waals surface area (Å²) < 4.78 is 0. The summed E-state index contributed by atoms with van der Waals surface area (Å²) in [6, 6.07) is 32.7. The Morgan fingerprint density at radius 3 is 1.52 bits per heavy atom. The Morgan fingerprint density at radius 2 is 1.02 bits per heavy atom. The van der Waals surface area contributed by atoms with Gasteiger partial charge in [-0.1, -0.05) is 91.3 Å². The Labute approximate surface area is 294 Å². The summed E-state index contributed by atoms with van der Waals surface area (Å²) in [7, 11) is -1.81. The van der Waals surface area contributed by atoms with E-state index in [0.29, 0.717) is 12.1 Å². The number of aromatic amines is 2. The van der Waals surface area contributed by atoms with Gasteiger partial charge in [-0.2, -0.15) is 0 Å². The van der Waals surface area contributed by atoms with E-state index >= 15 is 0 Å². The van der Waals surface area contributed by atoms with Crippen molar-refractivity contribution in [1.29, 1.82) is 0 Å². The van der Waals surface area contributed by atoms with Crippen LogP contribution in [0.4, 0.5) is 5.69 Å². The first-order valence-corrected chi connectivity index (χ1v) is 18.9. The molecule has 0 unspecified atom stereocenters. The Hall–Kier alpha value is -3.80. The van der Waals surface area contributed by atoms with E-state index < -0.39 is 12.8 Å². The molecule has 4 aromatic carbocycles. The molecule has 252 valence electrons. The van der Waals surface area contributed by atoms with Crippen LogP contribution in [0, 0.1) is 20.8 Å². The van der Waals surface area contributed by atoms with Crippen LogP contribution in [0.2, 0.25) is 0 Å². The second-order valence-corrected chi connectivity index (χ2v) is 16.4. The summed E-state index contributed by atoms with van der Waals surface area (Å²) in [5, 5.41) is 12.3. The van der Waals surface area contributed by atoms with Gasteiger partial charge in [-0.15, -0.1) is 0 Å². The normalized spacial score (nSPS) is 11.3. The zero-order valence-electron chi connectivity index (χ0n) is 28.3. The Morgan fingerprint density at radius 1 is 0.583 bits per heavy atom. The Kier molecular flexibility index (Phi) is 13.5. The number of halogens is 1. The van der Waals surface area contributed by atoms with Crippen molar-refractivity contribution in [1.82, 2.24) is 10.2 Å². The lowest BCUT2D eigenvalue weighted by Crippen LogP contribution is -3.00. The molecule has 0 saturated heterocycles. The van der Waals surface area contributed by atoms with Crippen molar-refractivity contribution in [3.8, 4) is 0 Å². The molecular formula is C40H47BrN3O3P. The SMILES string of the molecule is Cc1ccc([P+](CCCCCCCCCCC(=O)Nc2cccc3c(=O)[nH][nH]c(=O)c23)(c2ccc(C)cc2)c2ccc(C)cc2)cc1.[Br-]. The zero-order valence-corrected chi connectivity index (χ0v) is 30.8. The van der Waals surface area contributed by atoms with Crippen LogP contribution >= 0.6 is 7.26 Å². The van der Waals surface area contributed by atoms with Crippen LogP contribution in [0.15, 0.2) is 101 Å². The van der Waals surface area contributed by atoms with Crippen molar-refractivity contribution in [3.63, 3.8) is 0 Å². The quantitative estimate of drug-likeness (QED) is 0.109. The van der Waals surface area contributed by atoms with Crippen molar-refractivity contribution in [2.24, 2.45) is 0 Å². The molecule has 0 radical (unpaired) electrons. The van der Waals surface area contributed by atoms with E-state index in [-0.39, 0.29) is 39.2 Å². The maximum atomic E-state index is 12.6. The van der Waals surface area contributed by atoms with Crippen molar-refractivity contribution in [2.75, 3.05) is 11.5 Å². The largest absolute Gasteiger partial charge is 1.00 e. The predicted octanol–water partition coefficient (Wildman–Crippen LogP) is 4.59. The number of hydrogen-bond acceptors (Lipinski definition) is 3. The molecule has 0 aliphatic carbocycles. The molecule has 0 fully saturated rings. The molecule has 1 amide bonds. The van der Waals surface area contributed by atoms with Gasteiger partial charge in [-0.25, -0.2) is 0 Å². The number of fused-ring (bicyclic) bond motifs is 1. The summed E-state index contributed by atoms with van der Waals surface area (Å²) >= 11 is 0. The summed E-state index contributed by atoms with van der Waals surface area (Å²) in [6.45, 7) is 6.49. The van der Waals surface area contributed by atoms with Gasteiger partial charge in [0.2, 0.25) is 5.91 Å². The van der Waals surface area contributed by atoms with Gasteiger partial charge in [0.25, 0.3) is 11.1 Å². The van der Waals surface area contributed by atoms with Crippen molar-refractivity contribution in [2.45, 2.75) is 78.6 Å². The molecule has 1 aromatic heterocycles. The fourth-order valence-corrected chi connectivity index (χ4v) is 10.8. The highest BCUT2D eigenvalue weighted by atomic mass is 79.9. The average molecular weight is 729 g/mol. The van der Waals surface area contributed by atoms with E-state index in [1.165, 1.54) is 58.3 Å². The molecule has 0 saturated carbocycles. The highest BCUT2D eigenvalue weighted by Crippen LogP contribution is 2.56. The monoisotopic (exact) mass is 727 g/mol. The van der Waals surface area contributed by atoms with Gasteiger partial charge in [0.1, 0.15) is 23.2 Å². The molecule has 0 atom stereocenters. The van der Waals surface area contributed by atoms with Crippen molar-refractivity contribution in [3.05, 3.63) is 128 Å². The molecular weight excluding hydrogens is 681 g/mol. The summed E-state index contributed by atoms with van der Waals surface area (Å²) in [6.07, 6.45) is 10.4. The van der Waals surface area contributed by atoms with E-state index in [2.05, 4.69) is 109 Å². The number of H-pyrrole nitrogens is 2. The molecule has 5 rings (SSSR count). The van der Waals surface area contributed by atoms with Crippen LogP contribution in [-0.4, -0.2) is 22.3 Å². The minimum Gasteiger partial charge on any atom is -1.00 e. The fourth-order valence-electron chi connectivity index (χ4n) is 6.47. The van der Waals surface area contributed by atoms with Crippen molar-refractivity contribution >= 4 is 45.5 Å². The van der Waals surface area contributed by atoms with E-state index in [0.717, 1.165) is 31.8 Å². The molecule has 6 nitrogen and oxygen atoms in total. The van der Waals surface area contributed by atoms with Crippen LogP contribution in [0.25, 0.3) is 10.8 Å². The molecule has 48 heavy (non-hydrogen) atoms. The van der Waals surface area contributed by atoms with Gasteiger partial charge in [0, 0.05) is 6.42 Å². The lowest BCUT2D eigenvalue weighted by atomic mass is 10.1. The third-order valence-corrected chi connectivity index (χ3v) is 13.7. The van der Waals surface area contributed by atoms with Crippen LogP contribution in [0.5, 0.6) is 0 Å².